The Balaban J connectivity index is 2.66. The second-order valence-corrected chi connectivity index (χ2v) is 7.33. The fourth-order valence-corrected chi connectivity index (χ4v) is 3.49. The lowest BCUT2D eigenvalue weighted by molar-refractivity contribution is 0.460. The minimum atomic E-state index is -0.191. The molecule has 2 aromatic rings. The lowest BCUT2D eigenvalue weighted by atomic mass is 9.75. The van der Waals surface area contributed by atoms with E-state index in [0.717, 1.165) is 47.9 Å². The monoisotopic (exact) mass is 340 g/mol. The molecule has 2 heteroatoms. The Bertz CT molecular complexity index is 643. The predicted octanol–water partition coefficient (Wildman–Crippen LogP) is 5.67. The zero-order valence-electron chi connectivity index (χ0n) is 16.5. The smallest absolute Gasteiger partial charge is 0.121 e. The van der Waals surface area contributed by atoms with E-state index < -0.39 is 0 Å². The molecular formula is C23H32O2. The Hall–Kier alpha value is -1.96. The largest absolute Gasteiger partial charge is 0.507 e. The van der Waals surface area contributed by atoms with Crippen LogP contribution < -0.4 is 0 Å². The molecule has 0 aromatic heterocycles. The SMILES string of the molecule is CCc1cc(C(C)(C)c2cc(CC)c(O)c(CC)c2)cc(CC)c1O. The van der Waals surface area contributed by atoms with Crippen LogP contribution in [0, 0.1) is 0 Å². The summed E-state index contributed by atoms with van der Waals surface area (Å²) in [5.41, 5.74) is 6.27. The Labute approximate surface area is 152 Å². The summed E-state index contributed by atoms with van der Waals surface area (Å²) >= 11 is 0. The molecule has 2 aromatic carbocycles. The van der Waals surface area contributed by atoms with E-state index in [-0.39, 0.29) is 5.41 Å². The number of hydrogen-bond donors (Lipinski definition) is 2. The number of aryl methyl sites for hydroxylation is 4. The fourth-order valence-electron chi connectivity index (χ4n) is 3.49. The van der Waals surface area contributed by atoms with E-state index in [9.17, 15) is 10.2 Å². The summed E-state index contributed by atoms with van der Waals surface area (Å²) in [6.45, 7) is 12.8. The summed E-state index contributed by atoms with van der Waals surface area (Å²) in [7, 11) is 0. The van der Waals surface area contributed by atoms with Gasteiger partial charge in [-0.25, -0.2) is 0 Å². The minimum absolute atomic E-state index is 0.191. The molecule has 0 fully saturated rings. The summed E-state index contributed by atoms with van der Waals surface area (Å²) in [6.07, 6.45) is 3.27. The highest BCUT2D eigenvalue weighted by Gasteiger charge is 2.26. The van der Waals surface area contributed by atoms with Gasteiger partial charge in [-0.2, -0.15) is 0 Å². The van der Waals surface area contributed by atoms with Crippen LogP contribution in [-0.2, 0) is 31.1 Å². The van der Waals surface area contributed by atoms with Crippen molar-refractivity contribution < 1.29 is 10.2 Å². The molecule has 0 amide bonds. The molecule has 0 atom stereocenters. The fraction of sp³-hybridized carbons (Fsp3) is 0.478. The summed E-state index contributed by atoms with van der Waals surface area (Å²) in [5.74, 6) is 0.887. The molecule has 25 heavy (non-hydrogen) atoms. The van der Waals surface area contributed by atoms with Crippen molar-refractivity contribution in [2.45, 2.75) is 72.6 Å². The van der Waals surface area contributed by atoms with Gasteiger partial charge in [0.2, 0.25) is 0 Å². The first-order valence-corrected chi connectivity index (χ1v) is 9.50. The molecule has 2 N–H and O–H groups in total. The van der Waals surface area contributed by atoms with Crippen molar-refractivity contribution in [3.8, 4) is 11.5 Å². The van der Waals surface area contributed by atoms with Crippen LogP contribution in [0.15, 0.2) is 24.3 Å². The van der Waals surface area contributed by atoms with E-state index in [1.54, 1.807) is 0 Å². The Morgan fingerprint density at radius 1 is 0.600 bits per heavy atom. The van der Waals surface area contributed by atoms with Gasteiger partial charge < -0.3 is 10.2 Å². The first kappa shape index (κ1) is 19.4. The minimum Gasteiger partial charge on any atom is -0.507 e. The van der Waals surface area contributed by atoms with E-state index in [1.807, 2.05) is 0 Å². The molecule has 136 valence electrons. The van der Waals surface area contributed by atoms with Gasteiger partial charge in [0.1, 0.15) is 11.5 Å². The van der Waals surface area contributed by atoms with Gasteiger partial charge in [0.05, 0.1) is 0 Å². The lowest BCUT2D eigenvalue weighted by Gasteiger charge is -2.29. The molecular weight excluding hydrogens is 308 g/mol. The third-order valence-corrected chi connectivity index (χ3v) is 5.50. The van der Waals surface area contributed by atoms with Gasteiger partial charge in [-0.1, -0.05) is 65.8 Å². The second kappa shape index (κ2) is 7.51. The van der Waals surface area contributed by atoms with Gasteiger partial charge in [-0.15, -0.1) is 0 Å². The van der Waals surface area contributed by atoms with Crippen LogP contribution in [0.25, 0.3) is 0 Å². The summed E-state index contributed by atoms with van der Waals surface area (Å²) in [6, 6.07) is 8.55. The van der Waals surface area contributed by atoms with Crippen molar-refractivity contribution >= 4 is 0 Å². The molecule has 0 saturated carbocycles. The van der Waals surface area contributed by atoms with Crippen molar-refractivity contribution in [1.82, 2.24) is 0 Å². The summed E-state index contributed by atoms with van der Waals surface area (Å²) in [4.78, 5) is 0. The zero-order valence-corrected chi connectivity index (χ0v) is 16.5. The first-order valence-electron chi connectivity index (χ1n) is 9.50. The van der Waals surface area contributed by atoms with Crippen molar-refractivity contribution in [1.29, 1.82) is 0 Å². The van der Waals surface area contributed by atoms with Crippen LogP contribution in [0.1, 0.15) is 74.9 Å². The lowest BCUT2D eigenvalue weighted by Crippen LogP contribution is -2.20. The molecule has 0 unspecified atom stereocenters. The molecule has 0 aliphatic rings. The van der Waals surface area contributed by atoms with Gasteiger partial charge in [-0.05, 0) is 59.1 Å². The molecule has 0 spiro atoms. The van der Waals surface area contributed by atoms with E-state index in [2.05, 4.69) is 65.8 Å². The Morgan fingerprint density at radius 3 is 1.04 bits per heavy atom. The van der Waals surface area contributed by atoms with Crippen LogP contribution in [0.2, 0.25) is 0 Å². The number of benzene rings is 2. The quantitative estimate of drug-likeness (QED) is 0.711. The number of hydrogen-bond acceptors (Lipinski definition) is 2. The highest BCUT2D eigenvalue weighted by atomic mass is 16.3. The topological polar surface area (TPSA) is 40.5 Å². The summed E-state index contributed by atoms with van der Waals surface area (Å²) < 4.78 is 0. The van der Waals surface area contributed by atoms with E-state index in [1.165, 1.54) is 11.1 Å². The molecule has 2 rings (SSSR count). The zero-order chi connectivity index (χ0) is 18.8. The van der Waals surface area contributed by atoms with Crippen molar-refractivity contribution in [2.75, 3.05) is 0 Å². The van der Waals surface area contributed by atoms with Crippen LogP contribution >= 0.6 is 0 Å². The molecule has 0 aliphatic heterocycles. The third-order valence-electron chi connectivity index (χ3n) is 5.50. The number of aromatic hydroxyl groups is 2. The predicted molar refractivity (Wildman–Crippen MR) is 106 cm³/mol. The maximum Gasteiger partial charge on any atom is 0.121 e. The first-order chi connectivity index (χ1) is 11.8. The molecule has 0 aliphatic carbocycles. The normalized spacial score (nSPS) is 11.8. The van der Waals surface area contributed by atoms with E-state index >= 15 is 0 Å². The maximum absolute atomic E-state index is 10.4. The van der Waals surface area contributed by atoms with Gasteiger partial charge >= 0.3 is 0 Å². The van der Waals surface area contributed by atoms with Crippen molar-refractivity contribution in [3.05, 3.63) is 57.6 Å². The molecule has 2 nitrogen and oxygen atoms in total. The van der Waals surface area contributed by atoms with Crippen LogP contribution in [-0.4, -0.2) is 10.2 Å². The Morgan fingerprint density at radius 2 is 0.840 bits per heavy atom. The molecule has 0 bridgehead atoms. The van der Waals surface area contributed by atoms with Crippen LogP contribution in [0.3, 0.4) is 0 Å². The highest BCUT2D eigenvalue weighted by molar-refractivity contribution is 5.52. The number of phenolic OH excluding ortho intramolecular Hbond substituents is 2. The molecule has 0 radical (unpaired) electrons. The number of phenols is 2. The summed E-state index contributed by atoms with van der Waals surface area (Å²) in [5, 5.41) is 20.8. The van der Waals surface area contributed by atoms with E-state index in [0.29, 0.717) is 11.5 Å². The average molecular weight is 341 g/mol. The average Bonchev–Trinajstić information content (AvgIpc) is 2.61. The third kappa shape index (κ3) is 3.53. The molecule has 0 saturated heterocycles. The number of rotatable bonds is 6. The maximum atomic E-state index is 10.4. The standard InChI is InChI=1S/C23H32O2/c1-7-15-11-19(12-16(8-2)21(15)24)23(5,6)20-13-17(9-3)22(25)18(10-4)14-20/h11-14,24-25H,7-10H2,1-6H3. The van der Waals surface area contributed by atoms with Crippen molar-refractivity contribution in [2.24, 2.45) is 0 Å². The van der Waals surface area contributed by atoms with Crippen LogP contribution in [0.5, 0.6) is 11.5 Å². The van der Waals surface area contributed by atoms with Crippen LogP contribution in [0.4, 0.5) is 0 Å². The van der Waals surface area contributed by atoms with E-state index in [4.69, 9.17) is 0 Å². The van der Waals surface area contributed by atoms with Gasteiger partial charge in [-0.3, -0.25) is 0 Å². The van der Waals surface area contributed by atoms with Gasteiger partial charge in [0.25, 0.3) is 0 Å². The highest BCUT2D eigenvalue weighted by Crippen LogP contribution is 2.39. The van der Waals surface area contributed by atoms with Gasteiger partial charge in [0.15, 0.2) is 0 Å². The second-order valence-electron chi connectivity index (χ2n) is 7.33. The van der Waals surface area contributed by atoms with Crippen molar-refractivity contribution in [3.63, 3.8) is 0 Å². The Kier molecular flexibility index (Phi) is 5.82. The molecule has 0 heterocycles. The van der Waals surface area contributed by atoms with Gasteiger partial charge in [0, 0.05) is 5.41 Å².